The highest BCUT2D eigenvalue weighted by atomic mass is 32.1. The maximum Gasteiger partial charge on any atom is 0.240 e. The second-order valence-electron chi connectivity index (χ2n) is 5.87. The van der Waals surface area contributed by atoms with Crippen molar-refractivity contribution in [2.75, 3.05) is 44.6 Å². The van der Waals surface area contributed by atoms with Gasteiger partial charge in [-0.2, -0.15) is 0 Å². The van der Waals surface area contributed by atoms with Gasteiger partial charge in [0.05, 0.1) is 12.6 Å². The molecule has 1 aromatic heterocycles. The highest BCUT2D eigenvalue weighted by molar-refractivity contribution is 7.13. The molecule has 2 fully saturated rings. The van der Waals surface area contributed by atoms with Crippen LogP contribution in [-0.2, 0) is 4.79 Å². The van der Waals surface area contributed by atoms with Gasteiger partial charge in [-0.25, -0.2) is 4.98 Å². The van der Waals surface area contributed by atoms with Crippen LogP contribution in [0.4, 0.5) is 5.13 Å². The molecule has 21 heavy (non-hydrogen) atoms. The van der Waals surface area contributed by atoms with Crippen LogP contribution in [0.2, 0.25) is 0 Å². The van der Waals surface area contributed by atoms with Gasteiger partial charge < -0.3 is 10.4 Å². The molecule has 6 nitrogen and oxygen atoms in total. The number of aliphatic hydroxyl groups is 1. The van der Waals surface area contributed by atoms with Gasteiger partial charge in [-0.1, -0.05) is 0 Å². The van der Waals surface area contributed by atoms with Gasteiger partial charge in [-0.05, 0) is 18.8 Å². The van der Waals surface area contributed by atoms with E-state index < -0.39 is 0 Å². The summed E-state index contributed by atoms with van der Waals surface area (Å²) in [6, 6.07) is 0. The molecule has 0 bridgehead atoms. The normalized spacial score (nSPS) is 22.1. The Morgan fingerprint density at radius 3 is 2.71 bits per heavy atom. The number of rotatable bonds is 6. The monoisotopic (exact) mass is 310 g/mol. The molecule has 1 saturated carbocycles. The number of hydrogen-bond acceptors (Lipinski definition) is 6. The number of carbonyl (C=O) groups excluding carboxylic acids is 1. The van der Waals surface area contributed by atoms with Crippen molar-refractivity contribution in [1.82, 2.24) is 14.8 Å². The van der Waals surface area contributed by atoms with Crippen LogP contribution < -0.4 is 5.32 Å². The van der Waals surface area contributed by atoms with Crippen molar-refractivity contribution >= 4 is 22.4 Å². The van der Waals surface area contributed by atoms with E-state index in [1.165, 1.54) is 24.2 Å². The Morgan fingerprint density at radius 2 is 2.10 bits per heavy atom. The first kappa shape index (κ1) is 14.9. The number of hydrogen-bond donors (Lipinski definition) is 2. The Bertz CT molecular complexity index is 456. The molecule has 7 heteroatoms. The lowest BCUT2D eigenvalue weighted by Gasteiger charge is -2.35. The summed E-state index contributed by atoms with van der Waals surface area (Å²) < 4.78 is 0. The molecule has 1 amide bonds. The summed E-state index contributed by atoms with van der Waals surface area (Å²) in [6.07, 6.45) is 3.88. The fraction of sp³-hybridized carbons (Fsp3) is 0.714. The predicted molar refractivity (Wildman–Crippen MR) is 82.4 cm³/mol. The van der Waals surface area contributed by atoms with Crippen molar-refractivity contribution in [3.63, 3.8) is 0 Å². The third kappa shape index (κ3) is 4.47. The number of β-amino-alcohol motifs (C(OH)–C–C–N with tert-alkyl or cyclic N) is 1. The fourth-order valence-electron chi connectivity index (χ4n) is 2.67. The average molecular weight is 310 g/mol. The number of piperazine rings is 1. The first-order valence-electron chi connectivity index (χ1n) is 7.53. The largest absolute Gasteiger partial charge is 0.392 e. The smallest absolute Gasteiger partial charge is 0.240 e. The lowest BCUT2D eigenvalue weighted by molar-refractivity contribution is -0.117. The highest BCUT2D eigenvalue weighted by Crippen LogP contribution is 2.32. The molecule has 3 rings (SSSR count). The van der Waals surface area contributed by atoms with Gasteiger partial charge in [0.15, 0.2) is 5.13 Å². The lowest BCUT2D eigenvalue weighted by Crippen LogP contribution is -2.50. The molecule has 116 valence electrons. The van der Waals surface area contributed by atoms with Crippen LogP contribution >= 0.6 is 11.3 Å². The third-order valence-corrected chi connectivity index (χ3v) is 4.81. The van der Waals surface area contributed by atoms with Crippen molar-refractivity contribution in [2.24, 2.45) is 5.92 Å². The van der Waals surface area contributed by atoms with Crippen LogP contribution in [0.25, 0.3) is 0 Å². The molecule has 0 aromatic carbocycles. The molecule has 2 heterocycles. The molecule has 2 aliphatic rings. The van der Waals surface area contributed by atoms with Crippen molar-refractivity contribution < 1.29 is 9.90 Å². The zero-order valence-corrected chi connectivity index (χ0v) is 12.9. The van der Waals surface area contributed by atoms with E-state index in [2.05, 4.69) is 20.1 Å². The Hall–Kier alpha value is -1.02. The lowest BCUT2D eigenvalue weighted by atomic mass is 10.2. The number of aromatic nitrogens is 1. The Labute approximate surface area is 128 Å². The van der Waals surface area contributed by atoms with Crippen LogP contribution in [0, 0.1) is 5.92 Å². The highest BCUT2D eigenvalue weighted by Gasteiger charge is 2.31. The number of nitrogens with one attached hydrogen (secondary N) is 1. The second-order valence-corrected chi connectivity index (χ2v) is 6.76. The number of amides is 1. The summed E-state index contributed by atoms with van der Waals surface area (Å²) in [5.41, 5.74) is 0. The van der Waals surface area contributed by atoms with Gasteiger partial charge in [0.1, 0.15) is 0 Å². The van der Waals surface area contributed by atoms with Gasteiger partial charge in [-0.3, -0.25) is 14.6 Å². The van der Waals surface area contributed by atoms with Crippen LogP contribution in [0.15, 0.2) is 11.6 Å². The summed E-state index contributed by atoms with van der Waals surface area (Å²) in [6.45, 7) is 4.80. The van der Waals surface area contributed by atoms with Crippen molar-refractivity contribution in [1.29, 1.82) is 0 Å². The number of carbonyl (C=O) groups is 1. The SMILES string of the molecule is O=C(CN1CCN(C[C@@H](O)C2CC2)CC1)Nc1nccs1. The Morgan fingerprint density at radius 1 is 1.38 bits per heavy atom. The molecule has 0 unspecified atom stereocenters. The Kier molecular flexibility index (Phi) is 4.84. The summed E-state index contributed by atoms with van der Waals surface area (Å²) in [5, 5.41) is 15.3. The zero-order valence-electron chi connectivity index (χ0n) is 12.1. The fourth-order valence-corrected chi connectivity index (χ4v) is 3.22. The van der Waals surface area contributed by atoms with E-state index in [0.29, 0.717) is 17.6 Å². The standard InChI is InChI=1S/C14H22N4O2S/c19-12(11-1-2-11)9-17-4-6-18(7-5-17)10-13(20)16-14-15-3-8-21-14/h3,8,11-12,19H,1-2,4-7,9-10H2,(H,15,16,20)/t12-/m1/s1. The quantitative estimate of drug-likeness (QED) is 0.799. The molecule has 1 aliphatic carbocycles. The average Bonchev–Trinajstić information content (AvgIpc) is 3.20. The molecular weight excluding hydrogens is 288 g/mol. The molecular formula is C14H22N4O2S. The summed E-state index contributed by atoms with van der Waals surface area (Å²) in [5.74, 6) is 0.531. The van der Waals surface area contributed by atoms with Crippen molar-refractivity contribution in [2.45, 2.75) is 18.9 Å². The van der Waals surface area contributed by atoms with Crippen LogP contribution in [0.5, 0.6) is 0 Å². The molecule has 1 saturated heterocycles. The summed E-state index contributed by atoms with van der Waals surface area (Å²) in [7, 11) is 0. The number of thiazole rings is 1. The summed E-state index contributed by atoms with van der Waals surface area (Å²) >= 11 is 1.43. The zero-order chi connectivity index (χ0) is 14.7. The first-order chi connectivity index (χ1) is 10.2. The minimum Gasteiger partial charge on any atom is -0.392 e. The molecule has 1 aromatic rings. The summed E-state index contributed by atoms with van der Waals surface area (Å²) in [4.78, 5) is 20.4. The molecule has 2 N–H and O–H groups in total. The van der Waals surface area contributed by atoms with E-state index in [-0.39, 0.29) is 12.0 Å². The van der Waals surface area contributed by atoms with E-state index in [0.717, 1.165) is 32.7 Å². The van der Waals surface area contributed by atoms with E-state index >= 15 is 0 Å². The number of nitrogens with zero attached hydrogens (tertiary/aromatic N) is 3. The van der Waals surface area contributed by atoms with E-state index in [1.807, 2.05) is 5.38 Å². The van der Waals surface area contributed by atoms with Crippen LogP contribution in [0.1, 0.15) is 12.8 Å². The second kappa shape index (κ2) is 6.83. The first-order valence-corrected chi connectivity index (χ1v) is 8.41. The van der Waals surface area contributed by atoms with E-state index in [9.17, 15) is 9.90 Å². The van der Waals surface area contributed by atoms with Crippen LogP contribution in [-0.4, -0.2) is 71.2 Å². The maximum absolute atomic E-state index is 11.9. The number of aliphatic hydroxyl groups excluding tert-OH is 1. The van der Waals surface area contributed by atoms with Crippen LogP contribution in [0.3, 0.4) is 0 Å². The Balaban J connectivity index is 1.36. The van der Waals surface area contributed by atoms with Gasteiger partial charge >= 0.3 is 0 Å². The van der Waals surface area contributed by atoms with Gasteiger partial charge in [0.2, 0.25) is 5.91 Å². The van der Waals surface area contributed by atoms with Crippen molar-refractivity contribution in [3.05, 3.63) is 11.6 Å². The van der Waals surface area contributed by atoms with Gasteiger partial charge in [0.25, 0.3) is 0 Å². The maximum atomic E-state index is 11.9. The number of anilines is 1. The minimum absolute atomic E-state index is 0.00332. The molecule has 0 spiro atoms. The third-order valence-electron chi connectivity index (χ3n) is 4.12. The van der Waals surface area contributed by atoms with Crippen molar-refractivity contribution in [3.8, 4) is 0 Å². The van der Waals surface area contributed by atoms with E-state index in [1.54, 1.807) is 6.20 Å². The van der Waals surface area contributed by atoms with Gasteiger partial charge in [-0.15, -0.1) is 11.3 Å². The van der Waals surface area contributed by atoms with Gasteiger partial charge in [0, 0.05) is 44.3 Å². The van der Waals surface area contributed by atoms with E-state index in [4.69, 9.17) is 0 Å². The topological polar surface area (TPSA) is 68.7 Å². The molecule has 1 aliphatic heterocycles. The minimum atomic E-state index is -0.162. The molecule has 0 radical (unpaired) electrons. The molecule has 1 atom stereocenters. The predicted octanol–water partition coefficient (Wildman–Crippen LogP) is 0.470.